The molecule has 2 heterocycles. The van der Waals surface area contributed by atoms with E-state index in [-0.39, 0.29) is 11.3 Å². The fraction of sp³-hybridized carbons (Fsp3) is 0.296. The molecule has 1 saturated heterocycles. The van der Waals surface area contributed by atoms with Gasteiger partial charge in [0, 0.05) is 48.5 Å². The summed E-state index contributed by atoms with van der Waals surface area (Å²) in [5.41, 5.74) is -2.30. The summed E-state index contributed by atoms with van der Waals surface area (Å²) < 4.78 is 115. The number of halogens is 8. The molecule has 1 fully saturated rings. The van der Waals surface area contributed by atoms with Crippen LogP contribution in [0.15, 0.2) is 59.5 Å². The Bertz CT molecular complexity index is 1550. The average molecular weight is 619 g/mol. The summed E-state index contributed by atoms with van der Waals surface area (Å²) in [4.78, 5) is 40.4. The van der Waals surface area contributed by atoms with Crippen LogP contribution in [0.5, 0.6) is 11.5 Å². The smallest absolute Gasteiger partial charge is 0.497 e. The standard InChI is InChI=1S/C27H21F8N3O5/c1-42-16-11-18(28)21(19(29)12-16)17-13-38(20-3-2-9-37(24(20)40)10-8-26(30,31)32)25(41)22(17)36-23(39)14-4-6-15(7-5-14)43-27(33,34)35/h2-7,9,11-12,17,22H,8,10,13H2,1H3,(H,36,39)/t17-,22?/m0/s1. The van der Waals surface area contributed by atoms with Crippen molar-refractivity contribution in [2.75, 3.05) is 18.6 Å². The van der Waals surface area contributed by atoms with Crippen molar-refractivity contribution in [1.82, 2.24) is 9.88 Å². The Kier molecular flexibility index (Phi) is 8.69. The fourth-order valence-corrected chi connectivity index (χ4v) is 4.59. The fourth-order valence-electron chi connectivity index (χ4n) is 4.59. The van der Waals surface area contributed by atoms with Crippen LogP contribution in [0.25, 0.3) is 0 Å². The van der Waals surface area contributed by atoms with Crippen molar-refractivity contribution < 1.29 is 54.2 Å². The normalized spacial score (nSPS) is 17.2. The quantitative estimate of drug-likeness (QED) is 0.362. The highest BCUT2D eigenvalue weighted by Crippen LogP contribution is 2.36. The molecule has 0 radical (unpaired) electrons. The Morgan fingerprint density at radius 2 is 1.60 bits per heavy atom. The number of alkyl halides is 6. The van der Waals surface area contributed by atoms with Gasteiger partial charge in [-0.2, -0.15) is 13.2 Å². The van der Waals surface area contributed by atoms with Gasteiger partial charge in [0.15, 0.2) is 0 Å². The van der Waals surface area contributed by atoms with E-state index in [1.807, 2.05) is 0 Å². The minimum absolute atomic E-state index is 0.197. The van der Waals surface area contributed by atoms with Gasteiger partial charge in [0.25, 0.3) is 11.5 Å². The maximum Gasteiger partial charge on any atom is 0.573 e. The van der Waals surface area contributed by atoms with Crippen LogP contribution in [0.1, 0.15) is 28.3 Å². The van der Waals surface area contributed by atoms with Gasteiger partial charge in [-0.3, -0.25) is 14.4 Å². The molecule has 0 spiro atoms. The number of amides is 2. The van der Waals surface area contributed by atoms with Crippen LogP contribution in [0, 0.1) is 11.6 Å². The highest BCUT2D eigenvalue weighted by atomic mass is 19.4. The predicted molar refractivity (Wildman–Crippen MR) is 134 cm³/mol. The second-order valence-electron chi connectivity index (χ2n) is 9.34. The van der Waals surface area contributed by atoms with E-state index in [2.05, 4.69) is 10.1 Å². The summed E-state index contributed by atoms with van der Waals surface area (Å²) in [5.74, 6) is -6.64. The zero-order valence-corrected chi connectivity index (χ0v) is 21.9. The molecule has 1 aliphatic rings. The van der Waals surface area contributed by atoms with Crippen LogP contribution in [0.3, 0.4) is 0 Å². The van der Waals surface area contributed by atoms with E-state index in [0.29, 0.717) is 0 Å². The second-order valence-corrected chi connectivity index (χ2v) is 9.34. The van der Waals surface area contributed by atoms with Crippen molar-refractivity contribution in [1.29, 1.82) is 0 Å². The molecule has 43 heavy (non-hydrogen) atoms. The first-order valence-electron chi connectivity index (χ1n) is 12.3. The Labute approximate surface area is 237 Å². The van der Waals surface area contributed by atoms with E-state index in [0.717, 1.165) is 65.2 Å². The average Bonchev–Trinajstić information content (AvgIpc) is 3.21. The highest BCUT2D eigenvalue weighted by Gasteiger charge is 2.46. The lowest BCUT2D eigenvalue weighted by Crippen LogP contribution is -2.44. The molecular weight excluding hydrogens is 598 g/mol. The zero-order valence-electron chi connectivity index (χ0n) is 21.9. The third-order valence-corrected chi connectivity index (χ3v) is 6.54. The maximum atomic E-state index is 15.1. The largest absolute Gasteiger partial charge is 0.573 e. The molecule has 0 aliphatic carbocycles. The molecule has 1 unspecified atom stereocenters. The number of nitrogens with one attached hydrogen (secondary N) is 1. The van der Waals surface area contributed by atoms with Crippen molar-refractivity contribution in [2.45, 2.75) is 37.5 Å². The topological polar surface area (TPSA) is 89.9 Å². The van der Waals surface area contributed by atoms with Crippen LogP contribution < -0.4 is 25.2 Å². The lowest BCUT2D eigenvalue weighted by atomic mass is 9.92. The van der Waals surface area contributed by atoms with Gasteiger partial charge >= 0.3 is 12.5 Å². The van der Waals surface area contributed by atoms with Crippen LogP contribution >= 0.6 is 0 Å². The first-order chi connectivity index (χ1) is 20.1. The number of aromatic nitrogens is 1. The third-order valence-electron chi connectivity index (χ3n) is 6.54. The van der Waals surface area contributed by atoms with E-state index in [4.69, 9.17) is 4.74 Å². The number of hydrogen-bond donors (Lipinski definition) is 1. The Morgan fingerprint density at radius 3 is 2.16 bits per heavy atom. The molecule has 8 nitrogen and oxygen atoms in total. The van der Waals surface area contributed by atoms with Gasteiger partial charge in [-0.05, 0) is 36.4 Å². The van der Waals surface area contributed by atoms with Gasteiger partial charge < -0.3 is 24.3 Å². The first-order valence-corrected chi connectivity index (χ1v) is 12.3. The number of hydrogen-bond acceptors (Lipinski definition) is 5. The van der Waals surface area contributed by atoms with E-state index < -0.39 is 90.0 Å². The molecule has 0 saturated carbocycles. The number of rotatable bonds is 8. The Balaban J connectivity index is 1.70. The molecule has 1 aromatic heterocycles. The molecule has 1 aliphatic heterocycles. The summed E-state index contributed by atoms with van der Waals surface area (Å²) >= 11 is 0. The summed E-state index contributed by atoms with van der Waals surface area (Å²) in [5, 5.41) is 2.31. The maximum absolute atomic E-state index is 15.1. The number of nitrogens with zero attached hydrogens (tertiary/aromatic N) is 2. The number of benzene rings is 2. The third kappa shape index (κ3) is 7.24. The molecular formula is C27H21F8N3O5. The second kappa shape index (κ2) is 11.9. The molecule has 230 valence electrons. The van der Waals surface area contributed by atoms with Crippen molar-refractivity contribution in [3.63, 3.8) is 0 Å². The minimum Gasteiger partial charge on any atom is -0.497 e. The monoisotopic (exact) mass is 619 g/mol. The van der Waals surface area contributed by atoms with Crippen LogP contribution in [-0.2, 0) is 11.3 Å². The lowest BCUT2D eigenvalue weighted by molar-refractivity contribution is -0.274. The van der Waals surface area contributed by atoms with Crippen molar-refractivity contribution in [2.24, 2.45) is 0 Å². The first kappa shape index (κ1) is 31.3. The van der Waals surface area contributed by atoms with E-state index >= 15 is 8.78 Å². The molecule has 0 bridgehead atoms. The van der Waals surface area contributed by atoms with Gasteiger partial charge in [0.1, 0.15) is 34.9 Å². The van der Waals surface area contributed by atoms with Crippen LogP contribution in [0.4, 0.5) is 40.8 Å². The summed E-state index contributed by atoms with van der Waals surface area (Å²) in [6.07, 6.45) is -9.85. The number of anilines is 1. The number of carbonyl (C=O) groups excluding carboxylic acids is 2. The summed E-state index contributed by atoms with van der Waals surface area (Å²) in [6, 6.07) is 5.86. The number of methoxy groups -OCH3 is 1. The van der Waals surface area contributed by atoms with Gasteiger partial charge in [-0.25, -0.2) is 8.78 Å². The Morgan fingerprint density at radius 1 is 0.977 bits per heavy atom. The van der Waals surface area contributed by atoms with Crippen molar-refractivity contribution in [3.05, 3.63) is 87.8 Å². The lowest BCUT2D eigenvalue weighted by Gasteiger charge is -2.20. The number of aryl methyl sites for hydroxylation is 1. The van der Waals surface area contributed by atoms with Gasteiger partial charge in [-0.15, -0.1) is 13.2 Å². The number of pyridine rings is 1. The zero-order chi connectivity index (χ0) is 31.7. The molecule has 2 atom stereocenters. The SMILES string of the molecule is COc1cc(F)c([C@@H]2CN(c3cccn(CCC(F)(F)F)c3=O)C(=O)C2NC(=O)c2ccc(OC(F)(F)F)cc2)c(F)c1. The molecule has 1 N–H and O–H groups in total. The van der Waals surface area contributed by atoms with Gasteiger partial charge in [0.05, 0.1) is 13.5 Å². The van der Waals surface area contributed by atoms with Crippen molar-refractivity contribution >= 4 is 17.5 Å². The predicted octanol–water partition coefficient (Wildman–Crippen LogP) is 4.92. The van der Waals surface area contributed by atoms with E-state index in [1.165, 1.54) is 6.07 Å². The number of ether oxygens (including phenoxy) is 2. The van der Waals surface area contributed by atoms with E-state index in [1.54, 1.807) is 0 Å². The Hall–Kier alpha value is -4.63. The number of carbonyl (C=O) groups is 2. The minimum atomic E-state index is -4.99. The molecule has 2 amide bonds. The van der Waals surface area contributed by atoms with E-state index in [9.17, 15) is 40.7 Å². The van der Waals surface area contributed by atoms with Crippen molar-refractivity contribution in [3.8, 4) is 11.5 Å². The molecule has 16 heteroatoms. The highest BCUT2D eigenvalue weighted by molar-refractivity contribution is 6.05. The molecule has 3 aromatic rings. The van der Waals surface area contributed by atoms with Gasteiger partial charge in [-0.1, -0.05) is 0 Å². The summed E-state index contributed by atoms with van der Waals surface area (Å²) in [7, 11) is 1.15. The van der Waals surface area contributed by atoms with Crippen LogP contribution in [0.2, 0.25) is 0 Å². The summed E-state index contributed by atoms with van der Waals surface area (Å²) in [6.45, 7) is -1.33. The van der Waals surface area contributed by atoms with Crippen LogP contribution in [-0.4, -0.2) is 48.6 Å². The molecule has 4 rings (SSSR count). The molecule has 2 aromatic carbocycles. The van der Waals surface area contributed by atoms with Gasteiger partial charge in [0.2, 0.25) is 5.91 Å².